The van der Waals surface area contributed by atoms with Gasteiger partial charge in [-0.05, 0) is 62.1 Å². The predicted octanol–water partition coefficient (Wildman–Crippen LogP) is 3.99. The second-order valence-corrected chi connectivity index (χ2v) is 9.60. The Morgan fingerprint density at radius 2 is 1.70 bits per heavy atom. The Balaban J connectivity index is 1.67. The molecule has 0 saturated carbocycles. The molecule has 0 radical (unpaired) electrons. The lowest BCUT2D eigenvalue weighted by atomic mass is 10.2. The van der Waals surface area contributed by atoms with E-state index >= 15 is 0 Å². The molecular weight excluding hydrogens is 440 g/mol. The van der Waals surface area contributed by atoms with Gasteiger partial charge in [-0.15, -0.1) is 0 Å². The van der Waals surface area contributed by atoms with Crippen molar-refractivity contribution in [3.05, 3.63) is 59.7 Å². The largest absolute Gasteiger partial charge is 0.490 e. The summed E-state index contributed by atoms with van der Waals surface area (Å²) in [7, 11) is -3.58. The molecule has 0 aliphatic carbocycles. The fraction of sp³-hybridized carbons (Fsp3) is 0.400. The van der Waals surface area contributed by atoms with Crippen molar-refractivity contribution in [2.24, 2.45) is 0 Å². The SMILES string of the molecule is CCOc1ccc(/C=C/C(=O)NCc2ccccc2S(=O)(=O)N2CCCCC2)cc1OCC. The van der Waals surface area contributed by atoms with Crippen LogP contribution < -0.4 is 14.8 Å². The fourth-order valence-electron chi connectivity index (χ4n) is 3.73. The second kappa shape index (κ2) is 11.9. The average Bonchev–Trinajstić information content (AvgIpc) is 2.84. The Kier molecular flexibility index (Phi) is 8.91. The third-order valence-corrected chi connectivity index (χ3v) is 7.35. The quantitative estimate of drug-likeness (QED) is 0.529. The van der Waals surface area contributed by atoms with Crippen LogP contribution in [0.25, 0.3) is 6.08 Å². The van der Waals surface area contributed by atoms with Crippen LogP contribution in [-0.2, 0) is 21.4 Å². The molecule has 178 valence electrons. The molecule has 1 fully saturated rings. The molecule has 3 rings (SSSR count). The highest BCUT2D eigenvalue weighted by molar-refractivity contribution is 7.89. The van der Waals surface area contributed by atoms with E-state index in [9.17, 15) is 13.2 Å². The Morgan fingerprint density at radius 1 is 1.00 bits per heavy atom. The molecule has 1 amide bonds. The number of nitrogens with one attached hydrogen (secondary N) is 1. The van der Waals surface area contributed by atoms with Crippen molar-refractivity contribution >= 4 is 22.0 Å². The molecule has 0 bridgehead atoms. The number of ether oxygens (including phenoxy) is 2. The topological polar surface area (TPSA) is 84.9 Å². The predicted molar refractivity (Wildman–Crippen MR) is 129 cm³/mol. The summed E-state index contributed by atoms with van der Waals surface area (Å²) < 4.78 is 38.9. The number of nitrogens with zero attached hydrogens (tertiary/aromatic N) is 1. The summed E-state index contributed by atoms with van der Waals surface area (Å²) in [6.45, 7) is 6.05. The van der Waals surface area contributed by atoms with Crippen LogP contribution in [0.15, 0.2) is 53.4 Å². The third-order valence-electron chi connectivity index (χ3n) is 5.35. The zero-order valence-corrected chi connectivity index (χ0v) is 20.1. The highest BCUT2D eigenvalue weighted by Crippen LogP contribution is 2.29. The summed E-state index contributed by atoms with van der Waals surface area (Å²) >= 11 is 0. The molecule has 1 N–H and O–H groups in total. The van der Waals surface area contributed by atoms with E-state index in [1.54, 1.807) is 34.6 Å². The first-order valence-electron chi connectivity index (χ1n) is 11.4. The van der Waals surface area contributed by atoms with Crippen molar-refractivity contribution < 1.29 is 22.7 Å². The van der Waals surface area contributed by atoms with Gasteiger partial charge in [-0.2, -0.15) is 4.31 Å². The number of carbonyl (C=O) groups excluding carboxylic acids is 1. The summed E-state index contributed by atoms with van der Waals surface area (Å²) in [5.74, 6) is 0.971. The van der Waals surface area contributed by atoms with Crippen LogP contribution in [0.2, 0.25) is 0 Å². The summed E-state index contributed by atoms with van der Waals surface area (Å²) in [5.41, 5.74) is 1.37. The minimum absolute atomic E-state index is 0.125. The van der Waals surface area contributed by atoms with Gasteiger partial charge in [0.2, 0.25) is 15.9 Å². The van der Waals surface area contributed by atoms with E-state index in [4.69, 9.17) is 9.47 Å². The van der Waals surface area contributed by atoms with E-state index in [0.29, 0.717) is 43.4 Å². The monoisotopic (exact) mass is 472 g/mol. The maximum Gasteiger partial charge on any atom is 0.244 e. The van der Waals surface area contributed by atoms with E-state index in [0.717, 1.165) is 24.8 Å². The minimum atomic E-state index is -3.58. The standard InChI is InChI=1S/C25H32N2O5S/c1-3-31-22-14-12-20(18-23(22)32-4-2)13-15-25(28)26-19-21-10-6-7-11-24(21)33(29,30)27-16-8-5-9-17-27/h6-7,10-15,18H,3-5,8-9,16-17,19H2,1-2H3,(H,26,28)/b15-13+. The first kappa shape index (κ1) is 24.8. The van der Waals surface area contributed by atoms with E-state index in [1.807, 2.05) is 32.0 Å². The molecule has 2 aromatic carbocycles. The van der Waals surface area contributed by atoms with E-state index in [1.165, 1.54) is 6.08 Å². The van der Waals surface area contributed by atoms with Crippen LogP contribution >= 0.6 is 0 Å². The van der Waals surface area contributed by atoms with Gasteiger partial charge in [-0.25, -0.2) is 8.42 Å². The molecule has 1 heterocycles. The highest BCUT2D eigenvalue weighted by atomic mass is 32.2. The van der Waals surface area contributed by atoms with Crippen LogP contribution in [0.4, 0.5) is 0 Å². The van der Waals surface area contributed by atoms with E-state index in [2.05, 4.69) is 5.32 Å². The van der Waals surface area contributed by atoms with Gasteiger partial charge in [0.25, 0.3) is 0 Å². The van der Waals surface area contributed by atoms with Crippen LogP contribution in [0, 0.1) is 0 Å². The Morgan fingerprint density at radius 3 is 2.42 bits per heavy atom. The average molecular weight is 473 g/mol. The van der Waals surface area contributed by atoms with Crippen molar-refractivity contribution in [3.8, 4) is 11.5 Å². The Bertz CT molecular complexity index is 1080. The lowest BCUT2D eigenvalue weighted by Gasteiger charge is -2.26. The third kappa shape index (κ3) is 6.58. The summed E-state index contributed by atoms with van der Waals surface area (Å²) in [5, 5.41) is 2.79. The molecule has 1 aliphatic rings. The first-order valence-corrected chi connectivity index (χ1v) is 12.8. The van der Waals surface area contributed by atoms with Gasteiger partial charge in [0.1, 0.15) is 0 Å². The summed E-state index contributed by atoms with van der Waals surface area (Å²) in [6, 6.07) is 12.3. The fourth-order valence-corrected chi connectivity index (χ4v) is 5.47. The van der Waals surface area contributed by atoms with Gasteiger partial charge < -0.3 is 14.8 Å². The number of piperidine rings is 1. The maximum atomic E-state index is 13.1. The molecule has 8 heteroatoms. The molecule has 33 heavy (non-hydrogen) atoms. The molecule has 1 aliphatic heterocycles. The molecule has 0 spiro atoms. The van der Waals surface area contributed by atoms with Crippen molar-refractivity contribution in [2.45, 2.75) is 44.6 Å². The van der Waals surface area contributed by atoms with Crippen LogP contribution in [-0.4, -0.2) is 44.9 Å². The number of benzene rings is 2. The molecular formula is C25H32N2O5S. The van der Waals surface area contributed by atoms with Gasteiger partial charge >= 0.3 is 0 Å². The maximum absolute atomic E-state index is 13.1. The normalized spacial score (nSPS) is 14.8. The molecule has 0 atom stereocenters. The van der Waals surface area contributed by atoms with Crippen molar-refractivity contribution in [1.82, 2.24) is 9.62 Å². The number of sulfonamides is 1. The zero-order valence-electron chi connectivity index (χ0n) is 19.2. The van der Waals surface area contributed by atoms with Gasteiger partial charge in [-0.1, -0.05) is 30.7 Å². The van der Waals surface area contributed by atoms with E-state index < -0.39 is 10.0 Å². The first-order chi connectivity index (χ1) is 16.0. The summed E-state index contributed by atoms with van der Waals surface area (Å²) in [6.07, 6.45) is 5.91. The van der Waals surface area contributed by atoms with Gasteiger partial charge in [-0.3, -0.25) is 4.79 Å². The number of rotatable bonds is 10. The summed E-state index contributed by atoms with van der Waals surface area (Å²) in [4.78, 5) is 12.7. The van der Waals surface area contributed by atoms with E-state index in [-0.39, 0.29) is 17.3 Å². The molecule has 0 unspecified atom stereocenters. The van der Waals surface area contributed by atoms with Crippen molar-refractivity contribution in [2.75, 3.05) is 26.3 Å². The van der Waals surface area contributed by atoms with Crippen molar-refractivity contribution in [1.29, 1.82) is 0 Å². The lowest BCUT2D eigenvalue weighted by Crippen LogP contribution is -2.36. The highest BCUT2D eigenvalue weighted by Gasteiger charge is 2.27. The number of hydrogen-bond acceptors (Lipinski definition) is 5. The zero-order chi connectivity index (χ0) is 23.7. The second-order valence-electron chi connectivity index (χ2n) is 7.70. The van der Waals surface area contributed by atoms with Crippen LogP contribution in [0.5, 0.6) is 11.5 Å². The van der Waals surface area contributed by atoms with Gasteiger partial charge in [0.05, 0.1) is 18.1 Å². The minimum Gasteiger partial charge on any atom is -0.490 e. The number of hydrogen-bond donors (Lipinski definition) is 1. The Hall–Kier alpha value is -2.84. The number of carbonyl (C=O) groups is 1. The van der Waals surface area contributed by atoms with Crippen LogP contribution in [0.1, 0.15) is 44.2 Å². The van der Waals surface area contributed by atoms with Crippen molar-refractivity contribution in [3.63, 3.8) is 0 Å². The molecule has 2 aromatic rings. The van der Waals surface area contributed by atoms with Gasteiger partial charge in [0, 0.05) is 25.7 Å². The smallest absolute Gasteiger partial charge is 0.244 e. The van der Waals surface area contributed by atoms with Crippen LogP contribution in [0.3, 0.4) is 0 Å². The molecule has 7 nitrogen and oxygen atoms in total. The molecule has 1 saturated heterocycles. The molecule has 0 aromatic heterocycles. The Labute approximate surface area is 196 Å². The lowest BCUT2D eigenvalue weighted by molar-refractivity contribution is -0.116. The van der Waals surface area contributed by atoms with Gasteiger partial charge in [0.15, 0.2) is 11.5 Å². The number of amides is 1.